The average molecular weight is 579 g/mol. The Labute approximate surface area is 207 Å². The van der Waals surface area contributed by atoms with Crippen molar-refractivity contribution in [2.24, 2.45) is 5.10 Å². The van der Waals surface area contributed by atoms with Gasteiger partial charge in [0, 0.05) is 18.3 Å². The summed E-state index contributed by atoms with van der Waals surface area (Å²) in [5.41, 5.74) is 4.68. The summed E-state index contributed by atoms with van der Waals surface area (Å²) >= 11 is 6.84. The highest BCUT2D eigenvalue weighted by molar-refractivity contribution is 9.11. The number of ether oxygens (including phenoxy) is 2. The predicted molar refractivity (Wildman–Crippen MR) is 130 cm³/mol. The van der Waals surface area contributed by atoms with Gasteiger partial charge in [-0.3, -0.25) is 4.79 Å². The Bertz CT molecular complexity index is 1080. The number of halogens is 2. The van der Waals surface area contributed by atoms with Crippen molar-refractivity contribution in [2.75, 3.05) is 7.11 Å². The van der Waals surface area contributed by atoms with E-state index in [1.165, 1.54) is 12.5 Å². The maximum atomic E-state index is 12.7. The lowest BCUT2D eigenvalue weighted by molar-refractivity contribution is -0.123. The highest BCUT2D eigenvalue weighted by Gasteiger charge is 2.22. The summed E-state index contributed by atoms with van der Waals surface area (Å²) in [6.45, 7) is 0.0877. The van der Waals surface area contributed by atoms with Gasteiger partial charge in [0.05, 0.1) is 28.6 Å². The van der Waals surface area contributed by atoms with Crippen molar-refractivity contribution in [3.8, 4) is 5.75 Å². The van der Waals surface area contributed by atoms with Gasteiger partial charge in [-0.2, -0.15) is 5.10 Å². The zero-order chi connectivity index (χ0) is 23.6. The van der Waals surface area contributed by atoms with E-state index in [2.05, 4.69) is 57.7 Å². The minimum Gasteiger partial charge on any atom is -0.494 e. The first-order chi connectivity index (χ1) is 16.0. The normalized spacial score (nSPS) is 11.7. The molecule has 1 aromatic heterocycles. The Morgan fingerprint density at radius 2 is 1.94 bits per heavy atom. The van der Waals surface area contributed by atoms with Crippen molar-refractivity contribution < 1.29 is 19.1 Å². The number of aromatic amines is 1. The van der Waals surface area contributed by atoms with Crippen LogP contribution in [0, 0.1) is 0 Å². The molecule has 172 valence electrons. The van der Waals surface area contributed by atoms with E-state index in [1.807, 2.05) is 30.3 Å². The number of aromatic nitrogens is 2. The molecule has 0 saturated carbocycles. The molecule has 3 N–H and O–H groups in total. The molecule has 33 heavy (non-hydrogen) atoms. The molecule has 0 aliphatic carbocycles. The summed E-state index contributed by atoms with van der Waals surface area (Å²) in [6.07, 6.45) is 4.02. The molecule has 9 nitrogen and oxygen atoms in total. The minimum absolute atomic E-state index is 0.0877. The third-order valence-corrected chi connectivity index (χ3v) is 5.59. The number of hydrogen-bond donors (Lipinski definition) is 3. The maximum Gasteiger partial charge on any atom is 0.408 e. The lowest BCUT2D eigenvalue weighted by Crippen LogP contribution is -2.47. The van der Waals surface area contributed by atoms with Gasteiger partial charge in [0.25, 0.3) is 5.91 Å². The molecule has 0 saturated heterocycles. The second kappa shape index (κ2) is 12.2. The SMILES string of the molecule is COc1c(Br)cc(/C=N\NC(=O)[C@H](Cc2cnc[nH]2)NC(=O)OCc2ccccc2)cc1Br. The number of methoxy groups -OCH3 is 1. The number of hydrogen-bond acceptors (Lipinski definition) is 6. The fourth-order valence-corrected chi connectivity index (χ4v) is 4.38. The average Bonchev–Trinajstić information content (AvgIpc) is 3.31. The zero-order valence-corrected chi connectivity index (χ0v) is 20.7. The minimum atomic E-state index is -0.930. The number of amides is 2. The highest BCUT2D eigenvalue weighted by atomic mass is 79.9. The van der Waals surface area contributed by atoms with Gasteiger partial charge in [-0.25, -0.2) is 15.2 Å². The first kappa shape index (κ1) is 24.5. The van der Waals surface area contributed by atoms with E-state index in [9.17, 15) is 9.59 Å². The third kappa shape index (κ3) is 7.43. The van der Waals surface area contributed by atoms with Crippen LogP contribution in [0.4, 0.5) is 4.79 Å². The lowest BCUT2D eigenvalue weighted by Gasteiger charge is -2.16. The van der Waals surface area contributed by atoms with Crippen LogP contribution in [0.25, 0.3) is 0 Å². The molecule has 0 unspecified atom stereocenters. The zero-order valence-electron chi connectivity index (χ0n) is 17.5. The van der Waals surface area contributed by atoms with Gasteiger partial charge in [0.1, 0.15) is 18.4 Å². The molecule has 0 bridgehead atoms. The van der Waals surface area contributed by atoms with Gasteiger partial charge >= 0.3 is 6.09 Å². The van der Waals surface area contributed by atoms with Crippen LogP contribution in [0.5, 0.6) is 5.75 Å². The predicted octanol–water partition coefficient (Wildman–Crippen LogP) is 3.93. The molecular weight excluding hydrogens is 558 g/mol. The number of nitrogens with zero attached hydrogens (tertiary/aromatic N) is 2. The fraction of sp³-hybridized carbons (Fsp3) is 0.182. The summed E-state index contributed by atoms with van der Waals surface area (Å²) in [4.78, 5) is 31.9. The summed E-state index contributed by atoms with van der Waals surface area (Å²) in [7, 11) is 1.57. The van der Waals surface area contributed by atoms with E-state index in [1.54, 1.807) is 25.4 Å². The van der Waals surface area contributed by atoms with Crippen LogP contribution in [0.2, 0.25) is 0 Å². The molecule has 1 atom stereocenters. The van der Waals surface area contributed by atoms with Crippen molar-refractivity contribution in [1.82, 2.24) is 20.7 Å². The summed E-state index contributed by atoms with van der Waals surface area (Å²) < 4.78 is 12.0. The molecule has 0 radical (unpaired) electrons. The van der Waals surface area contributed by atoms with E-state index in [0.717, 1.165) is 20.1 Å². The maximum absolute atomic E-state index is 12.7. The number of imidazole rings is 1. The van der Waals surface area contributed by atoms with Crippen LogP contribution in [0.15, 0.2) is 69.0 Å². The van der Waals surface area contributed by atoms with E-state index in [-0.39, 0.29) is 13.0 Å². The number of carbonyl (C=O) groups excluding carboxylic acids is 2. The number of rotatable bonds is 9. The molecule has 3 rings (SSSR count). The van der Waals surface area contributed by atoms with Gasteiger partial charge in [-0.15, -0.1) is 0 Å². The van der Waals surface area contributed by atoms with Gasteiger partial charge < -0.3 is 19.8 Å². The molecule has 2 aromatic carbocycles. The van der Waals surface area contributed by atoms with E-state index in [4.69, 9.17) is 9.47 Å². The van der Waals surface area contributed by atoms with Crippen molar-refractivity contribution in [2.45, 2.75) is 19.1 Å². The van der Waals surface area contributed by atoms with E-state index in [0.29, 0.717) is 11.4 Å². The Morgan fingerprint density at radius 1 is 1.21 bits per heavy atom. The third-order valence-electron chi connectivity index (χ3n) is 4.41. The molecule has 3 aromatic rings. The Kier molecular flexibility index (Phi) is 9.02. The second-order valence-electron chi connectivity index (χ2n) is 6.79. The van der Waals surface area contributed by atoms with Crippen LogP contribution < -0.4 is 15.5 Å². The first-order valence-corrected chi connectivity index (χ1v) is 11.3. The quantitative estimate of drug-likeness (QED) is 0.263. The number of benzene rings is 2. The van der Waals surface area contributed by atoms with Crippen molar-refractivity contribution in [3.63, 3.8) is 0 Å². The molecule has 1 heterocycles. The van der Waals surface area contributed by atoms with E-state index < -0.39 is 18.0 Å². The molecule has 2 amide bonds. The van der Waals surface area contributed by atoms with Crippen molar-refractivity contribution in [3.05, 3.63) is 80.8 Å². The van der Waals surface area contributed by atoms with Crippen LogP contribution in [-0.2, 0) is 22.6 Å². The Morgan fingerprint density at radius 3 is 2.58 bits per heavy atom. The van der Waals surface area contributed by atoms with Crippen LogP contribution in [-0.4, -0.2) is 41.3 Å². The fourth-order valence-electron chi connectivity index (χ4n) is 2.83. The summed E-state index contributed by atoms with van der Waals surface area (Å²) in [5.74, 6) is 0.137. The lowest BCUT2D eigenvalue weighted by atomic mass is 10.1. The van der Waals surface area contributed by atoms with Crippen molar-refractivity contribution in [1.29, 1.82) is 0 Å². The van der Waals surface area contributed by atoms with Gasteiger partial charge in [-0.05, 0) is 55.1 Å². The highest BCUT2D eigenvalue weighted by Crippen LogP contribution is 2.33. The molecular formula is C22H21Br2N5O4. The molecule has 11 heteroatoms. The standard InChI is InChI=1S/C22H21Br2N5O4/c1-32-20-17(23)7-15(8-18(20)24)10-27-29-21(30)19(9-16-11-25-13-26-16)28-22(31)33-12-14-5-3-2-4-6-14/h2-8,10-11,13,19H,9,12H2,1H3,(H,25,26)(H,28,31)(H,29,30)/b27-10-/t19-/m0/s1. The number of H-pyrrole nitrogens is 1. The van der Waals surface area contributed by atoms with Crippen LogP contribution in [0.3, 0.4) is 0 Å². The molecule has 0 aliphatic rings. The first-order valence-electron chi connectivity index (χ1n) is 9.76. The van der Waals surface area contributed by atoms with E-state index >= 15 is 0 Å². The number of hydrazone groups is 1. The van der Waals surface area contributed by atoms with Crippen LogP contribution >= 0.6 is 31.9 Å². The molecule has 0 spiro atoms. The second-order valence-corrected chi connectivity index (χ2v) is 8.50. The topological polar surface area (TPSA) is 118 Å². The number of nitrogens with one attached hydrogen (secondary N) is 3. The van der Waals surface area contributed by atoms with Gasteiger partial charge in [0.2, 0.25) is 0 Å². The summed E-state index contributed by atoms with van der Waals surface area (Å²) in [5, 5.41) is 6.59. The number of carbonyl (C=O) groups is 2. The molecule has 0 fully saturated rings. The Hall–Kier alpha value is -3.18. The smallest absolute Gasteiger partial charge is 0.408 e. The number of alkyl carbamates (subject to hydrolysis) is 1. The van der Waals surface area contributed by atoms with Crippen molar-refractivity contribution >= 4 is 50.1 Å². The van der Waals surface area contributed by atoms with Gasteiger partial charge in [0.15, 0.2) is 0 Å². The summed E-state index contributed by atoms with van der Waals surface area (Å²) in [6, 6.07) is 11.9. The van der Waals surface area contributed by atoms with Crippen LogP contribution in [0.1, 0.15) is 16.8 Å². The molecule has 0 aliphatic heterocycles. The Balaban J connectivity index is 1.62. The monoisotopic (exact) mass is 577 g/mol. The largest absolute Gasteiger partial charge is 0.494 e. The van der Waals surface area contributed by atoms with Gasteiger partial charge in [-0.1, -0.05) is 30.3 Å².